The second-order valence-corrected chi connectivity index (χ2v) is 6.02. The molecule has 2 saturated heterocycles. The maximum atomic E-state index is 12.1. The molecule has 0 aromatic rings. The van der Waals surface area contributed by atoms with Gasteiger partial charge in [0.2, 0.25) is 5.91 Å². The van der Waals surface area contributed by atoms with Crippen molar-refractivity contribution in [1.29, 1.82) is 0 Å². The van der Waals surface area contributed by atoms with Crippen LogP contribution >= 0.6 is 0 Å². The third-order valence-corrected chi connectivity index (χ3v) is 4.42. The Hall–Kier alpha value is -0.610. The minimum absolute atomic E-state index is 0.305. The molecule has 2 aliphatic rings. The monoisotopic (exact) mass is 268 g/mol. The fraction of sp³-hybridized carbons (Fsp3) is 0.933. The van der Waals surface area contributed by atoms with E-state index in [1.165, 1.54) is 19.3 Å². The van der Waals surface area contributed by atoms with Crippen LogP contribution in [0.4, 0.5) is 0 Å². The van der Waals surface area contributed by atoms with Crippen molar-refractivity contribution in [2.75, 3.05) is 33.4 Å². The predicted octanol–water partition coefficient (Wildman–Crippen LogP) is 1.79. The minimum Gasteiger partial charge on any atom is -0.381 e. The van der Waals surface area contributed by atoms with Crippen LogP contribution in [-0.2, 0) is 9.53 Å². The van der Waals surface area contributed by atoms with Crippen molar-refractivity contribution in [3.63, 3.8) is 0 Å². The first kappa shape index (κ1) is 14.8. The molecule has 0 aromatic heterocycles. The summed E-state index contributed by atoms with van der Waals surface area (Å²) in [7, 11) is 1.95. The molecule has 4 heteroatoms. The average Bonchev–Trinajstić information content (AvgIpc) is 2.47. The van der Waals surface area contributed by atoms with Crippen LogP contribution in [0.3, 0.4) is 0 Å². The SMILES string of the molecule is CN(CC1CCOCC1)C(=O)CCC1CCCCN1. The summed E-state index contributed by atoms with van der Waals surface area (Å²) in [5.41, 5.74) is 0. The number of carbonyl (C=O) groups excluding carboxylic acids is 1. The van der Waals surface area contributed by atoms with Gasteiger partial charge in [-0.3, -0.25) is 4.79 Å². The Bertz CT molecular complexity index is 271. The number of hydrogen-bond acceptors (Lipinski definition) is 3. The summed E-state index contributed by atoms with van der Waals surface area (Å²) in [5, 5.41) is 3.51. The lowest BCUT2D eigenvalue weighted by Crippen LogP contribution is -2.37. The van der Waals surface area contributed by atoms with Crippen molar-refractivity contribution in [2.45, 2.75) is 51.0 Å². The Labute approximate surface area is 116 Å². The van der Waals surface area contributed by atoms with Gasteiger partial charge in [0.1, 0.15) is 0 Å². The maximum absolute atomic E-state index is 12.1. The third kappa shape index (κ3) is 5.11. The summed E-state index contributed by atoms with van der Waals surface area (Å²) < 4.78 is 5.36. The first-order valence-corrected chi connectivity index (χ1v) is 7.81. The number of rotatable bonds is 5. The van der Waals surface area contributed by atoms with Crippen LogP contribution in [0.15, 0.2) is 0 Å². The molecule has 0 saturated carbocycles. The molecule has 1 amide bonds. The zero-order valence-corrected chi connectivity index (χ0v) is 12.2. The second kappa shape index (κ2) is 7.85. The number of carbonyl (C=O) groups is 1. The average molecular weight is 268 g/mol. The van der Waals surface area contributed by atoms with E-state index < -0.39 is 0 Å². The van der Waals surface area contributed by atoms with Crippen molar-refractivity contribution < 1.29 is 9.53 Å². The van der Waals surface area contributed by atoms with Crippen LogP contribution in [0, 0.1) is 5.92 Å². The molecule has 2 aliphatic heterocycles. The zero-order valence-electron chi connectivity index (χ0n) is 12.2. The quantitative estimate of drug-likeness (QED) is 0.826. The van der Waals surface area contributed by atoms with Crippen LogP contribution in [0.2, 0.25) is 0 Å². The van der Waals surface area contributed by atoms with E-state index in [1.54, 1.807) is 0 Å². The van der Waals surface area contributed by atoms with Gasteiger partial charge in [0, 0.05) is 39.3 Å². The molecule has 110 valence electrons. The number of hydrogen-bond donors (Lipinski definition) is 1. The van der Waals surface area contributed by atoms with E-state index in [-0.39, 0.29) is 0 Å². The zero-order chi connectivity index (χ0) is 13.5. The van der Waals surface area contributed by atoms with Gasteiger partial charge in [-0.05, 0) is 44.6 Å². The van der Waals surface area contributed by atoms with Crippen molar-refractivity contribution in [1.82, 2.24) is 10.2 Å². The lowest BCUT2D eigenvalue weighted by molar-refractivity contribution is -0.131. The van der Waals surface area contributed by atoms with Gasteiger partial charge < -0.3 is 15.0 Å². The second-order valence-electron chi connectivity index (χ2n) is 6.02. The molecule has 4 nitrogen and oxygen atoms in total. The van der Waals surface area contributed by atoms with Crippen LogP contribution in [0.5, 0.6) is 0 Å². The third-order valence-electron chi connectivity index (χ3n) is 4.42. The van der Waals surface area contributed by atoms with E-state index in [2.05, 4.69) is 5.32 Å². The largest absolute Gasteiger partial charge is 0.381 e. The topological polar surface area (TPSA) is 41.6 Å². The van der Waals surface area contributed by atoms with Crippen LogP contribution in [-0.4, -0.2) is 50.2 Å². The Kier molecular flexibility index (Phi) is 6.11. The van der Waals surface area contributed by atoms with Gasteiger partial charge in [-0.1, -0.05) is 6.42 Å². The molecule has 1 atom stereocenters. The van der Waals surface area contributed by atoms with Gasteiger partial charge in [0.05, 0.1) is 0 Å². The van der Waals surface area contributed by atoms with Crippen LogP contribution in [0.25, 0.3) is 0 Å². The number of nitrogens with zero attached hydrogens (tertiary/aromatic N) is 1. The molecule has 0 radical (unpaired) electrons. The molecule has 1 unspecified atom stereocenters. The van der Waals surface area contributed by atoms with E-state index in [1.807, 2.05) is 11.9 Å². The fourth-order valence-electron chi connectivity index (χ4n) is 3.08. The molecule has 1 N–H and O–H groups in total. The molecule has 0 bridgehead atoms. The summed E-state index contributed by atoms with van der Waals surface area (Å²) in [6.07, 6.45) is 7.72. The highest BCUT2D eigenvalue weighted by molar-refractivity contribution is 5.75. The van der Waals surface area contributed by atoms with E-state index in [0.717, 1.165) is 45.6 Å². The van der Waals surface area contributed by atoms with Crippen molar-refractivity contribution in [3.8, 4) is 0 Å². The molecule has 2 fully saturated rings. The molecule has 0 aromatic carbocycles. The highest BCUT2D eigenvalue weighted by Crippen LogP contribution is 2.17. The van der Waals surface area contributed by atoms with Gasteiger partial charge in [0.25, 0.3) is 0 Å². The number of ether oxygens (including phenoxy) is 1. The first-order chi connectivity index (χ1) is 9.25. The molecule has 0 aliphatic carbocycles. The summed E-state index contributed by atoms with van der Waals surface area (Å²) in [6.45, 7) is 3.74. The number of nitrogens with one attached hydrogen (secondary N) is 1. The van der Waals surface area contributed by atoms with Gasteiger partial charge >= 0.3 is 0 Å². The molecule has 2 heterocycles. The van der Waals surface area contributed by atoms with E-state index in [9.17, 15) is 4.79 Å². The Morgan fingerprint density at radius 1 is 1.26 bits per heavy atom. The minimum atomic E-state index is 0.305. The standard InChI is InChI=1S/C15H28N2O2/c1-17(12-13-7-10-19-11-8-13)15(18)6-5-14-4-2-3-9-16-14/h13-14,16H,2-12H2,1H3. The molecular weight excluding hydrogens is 240 g/mol. The highest BCUT2D eigenvalue weighted by atomic mass is 16.5. The van der Waals surface area contributed by atoms with E-state index >= 15 is 0 Å². The predicted molar refractivity (Wildman–Crippen MR) is 76.1 cm³/mol. The van der Waals surface area contributed by atoms with Gasteiger partial charge in [-0.25, -0.2) is 0 Å². The van der Waals surface area contributed by atoms with Crippen molar-refractivity contribution in [2.24, 2.45) is 5.92 Å². The lowest BCUT2D eigenvalue weighted by atomic mass is 9.98. The van der Waals surface area contributed by atoms with Crippen molar-refractivity contribution >= 4 is 5.91 Å². The van der Waals surface area contributed by atoms with E-state index in [4.69, 9.17) is 4.74 Å². The smallest absolute Gasteiger partial charge is 0.222 e. The molecule has 19 heavy (non-hydrogen) atoms. The maximum Gasteiger partial charge on any atom is 0.222 e. The normalized spacial score (nSPS) is 25.2. The van der Waals surface area contributed by atoms with Gasteiger partial charge in [-0.2, -0.15) is 0 Å². The molecule has 0 spiro atoms. The Morgan fingerprint density at radius 2 is 2.05 bits per heavy atom. The summed E-state index contributed by atoms with van der Waals surface area (Å²) in [5.74, 6) is 0.939. The first-order valence-electron chi connectivity index (χ1n) is 7.81. The highest BCUT2D eigenvalue weighted by Gasteiger charge is 2.20. The number of piperidine rings is 1. The van der Waals surface area contributed by atoms with Gasteiger partial charge in [-0.15, -0.1) is 0 Å². The molecular formula is C15H28N2O2. The molecule has 2 rings (SSSR count). The van der Waals surface area contributed by atoms with E-state index in [0.29, 0.717) is 24.3 Å². The summed E-state index contributed by atoms with van der Waals surface area (Å²) in [6, 6.07) is 0.564. The van der Waals surface area contributed by atoms with Gasteiger partial charge in [0.15, 0.2) is 0 Å². The summed E-state index contributed by atoms with van der Waals surface area (Å²) in [4.78, 5) is 14.1. The van der Waals surface area contributed by atoms with Crippen LogP contribution < -0.4 is 5.32 Å². The number of amides is 1. The van der Waals surface area contributed by atoms with Crippen LogP contribution in [0.1, 0.15) is 44.9 Å². The lowest BCUT2D eigenvalue weighted by Gasteiger charge is -2.28. The fourth-order valence-corrected chi connectivity index (χ4v) is 3.08. The Balaban J connectivity index is 1.63. The summed E-state index contributed by atoms with van der Waals surface area (Å²) >= 11 is 0. The Morgan fingerprint density at radius 3 is 2.74 bits per heavy atom. The van der Waals surface area contributed by atoms with Crippen molar-refractivity contribution in [3.05, 3.63) is 0 Å².